The van der Waals surface area contributed by atoms with Gasteiger partial charge in [-0.1, -0.05) is 19.8 Å². The van der Waals surface area contributed by atoms with E-state index in [2.05, 4.69) is 11.9 Å². The third-order valence-corrected chi connectivity index (χ3v) is 4.43. The Morgan fingerprint density at radius 1 is 1.33 bits per heavy atom. The molecule has 0 saturated heterocycles. The highest BCUT2D eigenvalue weighted by Gasteiger charge is 2.28. The lowest BCUT2D eigenvalue weighted by atomic mass is 9.80. The number of hydrogen-bond donors (Lipinski definition) is 1. The summed E-state index contributed by atoms with van der Waals surface area (Å²) in [5, 5.41) is 0. The van der Waals surface area contributed by atoms with Gasteiger partial charge < -0.3 is 9.72 Å². The zero-order chi connectivity index (χ0) is 15.4. The smallest absolute Gasteiger partial charge is 0.251 e. The van der Waals surface area contributed by atoms with E-state index >= 15 is 0 Å². The van der Waals surface area contributed by atoms with Crippen molar-refractivity contribution in [3.8, 4) is 5.75 Å². The molecule has 0 spiro atoms. The fourth-order valence-electron chi connectivity index (χ4n) is 3.25. The van der Waals surface area contributed by atoms with Crippen molar-refractivity contribution in [3.05, 3.63) is 27.2 Å². The molecule has 1 N–H and O–H groups in total. The van der Waals surface area contributed by atoms with E-state index in [4.69, 9.17) is 4.74 Å². The Kier molecular flexibility index (Phi) is 5.21. The Bertz CT molecular complexity index is 574. The molecule has 0 bridgehead atoms. The molecule has 4 nitrogen and oxygen atoms in total. The molecule has 0 radical (unpaired) electrons. The van der Waals surface area contributed by atoms with Crippen LogP contribution in [0.3, 0.4) is 0 Å². The van der Waals surface area contributed by atoms with Crippen molar-refractivity contribution in [2.24, 2.45) is 5.92 Å². The molecular formula is C17H25NO3. The van der Waals surface area contributed by atoms with E-state index in [-0.39, 0.29) is 11.5 Å². The topological polar surface area (TPSA) is 59.2 Å². The summed E-state index contributed by atoms with van der Waals surface area (Å²) in [7, 11) is 1.62. The molecule has 1 aliphatic carbocycles. The fourth-order valence-corrected chi connectivity index (χ4v) is 3.25. The Hall–Kier alpha value is -1.58. The number of carbonyl (C=O) groups excluding carboxylic acids is 1. The van der Waals surface area contributed by atoms with Gasteiger partial charge in [0.05, 0.1) is 12.8 Å². The Morgan fingerprint density at radius 2 is 2.10 bits per heavy atom. The van der Waals surface area contributed by atoms with E-state index in [0.29, 0.717) is 25.0 Å². The second-order valence-corrected chi connectivity index (χ2v) is 5.93. The van der Waals surface area contributed by atoms with Crippen LogP contribution in [0, 0.1) is 12.8 Å². The second kappa shape index (κ2) is 6.92. The number of carbonyl (C=O) groups is 1. The second-order valence-electron chi connectivity index (χ2n) is 5.93. The number of rotatable bonds is 6. The maximum absolute atomic E-state index is 12.3. The van der Waals surface area contributed by atoms with Crippen LogP contribution in [0.15, 0.2) is 4.79 Å². The van der Waals surface area contributed by atoms with Crippen LogP contribution in [0.25, 0.3) is 0 Å². The number of Topliss-reactive ketones (excluding diaryl/α,β-unsaturated/α-hetero) is 1. The number of hydrogen-bond acceptors (Lipinski definition) is 3. The summed E-state index contributed by atoms with van der Waals surface area (Å²) in [5.41, 5.74) is 2.47. The number of ether oxygens (including phenoxy) is 1. The van der Waals surface area contributed by atoms with Crippen molar-refractivity contribution in [2.75, 3.05) is 7.11 Å². The molecule has 21 heavy (non-hydrogen) atoms. The van der Waals surface area contributed by atoms with Crippen LogP contribution in [0.2, 0.25) is 0 Å². The molecule has 2 rings (SSSR count). The van der Waals surface area contributed by atoms with Gasteiger partial charge >= 0.3 is 0 Å². The van der Waals surface area contributed by atoms with Gasteiger partial charge in [0.15, 0.2) is 0 Å². The van der Waals surface area contributed by atoms with Crippen LogP contribution in [-0.2, 0) is 17.6 Å². The van der Waals surface area contributed by atoms with Gasteiger partial charge in [-0.25, -0.2) is 0 Å². The highest BCUT2D eigenvalue weighted by molar-refractivity contribution is 5.81. The van der Waals surface area contributed by atoms with Gasteiger partial charge in [-0.05, 0) is 32.6 Å². The molecular weight excluding hydrogens is 266 g/mol. The zero-order valence-corrected chi connectivity index (χ0v) is 13.3. The number of nitrogens with one attached hydrogen (secondary N) is 1. The Balaban J connectivity index is 2.19. The van der Waals surface area contributed by atoms with Crippen molar-refractivity contribution in [1.82, 2.24) is 4.98 Å². The van der Waals surface area contributed by atoms with Crippen LogP contribution >= 0.6 is 0 Å². The Labute approximate surface area is 125 Å². The fraction of sp³-hybridized carbons (Fsp3) is 0.647. The summed E-state index contributed by atoms with van der Waals surface area (Å²) >= 11 is 0. The van der Waals surface area contributed by atoms with E-state index in [1.807, 2.05) is 6.92 Å². The van der Waals surface area contributed by atoms with Gasteiger partial charge in [0, 0.05) is 23.5 Å². The lowest BCUT2D eigenvalue weighted by Crippen LogP contribution is -2.28. The van der Waals surface area contributed by atoms with E-state index in [0.717, 1.165) is 48.3 Å². The number of unbranched alkanes of at least 4 members (excludes halogenated alkanes) is 2. The first-order valence-corrected chi connectivity index (χ1v) is 7.89. The lowest BCUT2D eigenvalue weighted by Gasteiger charge is -2.25. The molecule has 1 aliphatic rings. The predicted molar refractivity (Wildman–Crippen MR) is 83.0 cm³/mol. The SMILES string of the molecule is CCCCCC(=O)C1CCc2c(c(OC)c(C)[nH]c2=O)C1. The highest BCUT2D eigenvalue weighted by atomic mass is 16.5. The molecule has 0 saturated carbocycles. The van der Waals surface area contributed by atoms with Crippen molar-refractivity contribution < 1.29 is 9.53 Å². The van der Waals surface area contributed by atoms with Crippen LogP contribution in [0.1, 0.15) is 55.8 Å². The molecule has 1 atom stereocenters. The molecule has 1 heterocycles. The molecule has 0 aliphatic heterocycles. The van der Waals surface area contributed by atoms with Gasteiger partial charge in [0.1, 0.15) is 11.5 Å². The molecule has 0 aromatic carbocycles. The number of pyridine rings is 1. The van der Waals surface area contributed by atoms with Gasteiger partial charge in [0.25, 0.3) is 5.56 Å². The normalized spacial score (nSPS) is 17.4. The average molecular weight is 291 g/mol. The number of aromatic amines is 1. The minimum absolute atomic E-state index is 0.0276. The monoisotopic (exact) mass is 291 g/mol. The quantitative estimate of drug-likeness (QED) is 0.820. The van der Waals surface area contributed by atoms with Crippen LogP contribution in [-0.4, -0.2) is 17.9 Å². The largest absolute Gasteiger partial charge is 0.495 e. The number of H-pyrrole nitrogens is 1. The molecule has 0 fully saturated rings. The van der Waals surface area contributed by atoms with Crippen LogP contribution in [0.4, 0.5) is 0 Å². The Morgan fingerprint density at radius 3 is 2.76 bits per heavy atom. The minimum atomic E-state index is -0.0276. The first-order chi connectivity index (χ1) is 10.1. The summed E-state index contributed by atoms with van der Waals surface area (Å²) in [4.78, 5) is 27.2. The summed E-state index contributed by atoms with van der Waals surface area (Å²) in [6.07, 6.45) is 5.98. The number of ketones is 1. The molecule has 4 heteroatoms. The van der Waals surface area contributed by atoms with E-state index in [1.54, 1.807) is 7.11 Å². The number of fused-ring (bicyclic) bond motifs is 1. The highest BCUT2D eigenvalue weighted by Crippen LogP contribution is 2.32. The number of methoxy groups -OCH3 is 1. The maximum atomic E-state index is 12.3. The van der Waals surface area contributed by atoms with Gasteiger partial charge in [-0.3, -0.25) is 9.59 Å². The van der Waals surface area contributed by atoms with Gasteiger partial charge in [-0.2, -0.15) is 0 Å². The van der Waals surface area contributed by atoms with Crippen LogP contribution in [0.5, 0.6) is 5.75 Å². The van der Waals surface area contributed by atoms with Gasteiger partial charge in [-0.15, -0.1) is 0 Å². The number of aryl methyl sites for hydroxylation is 1. The zero-order valence-electron chi connectivity index (χ0n) is 13.3. The first-order valence-electron chi connectivity index (χ1n) is 7.89. The van der Waals surface area contributed by atoms with Crippen molar-refractivity contribution in [1.29, 1.82) is 0 Å². The van der Waals surface area contributed by atoms with Crippen LogP contribution < -0.4 is 10.3 Å². The first kappa shape index (κ1) is 15.8. The predicted octanol–water partition coefficient (Wildman–Crippen LogP) is 2.95. The van der Waals surface area contributed by atoms with Gasteiger partial charge in [0.2, 0.25) is 0 Å². The third kappa shape index (κ3) is 3.36. The summed E-state index contributed by atoms with van der Waals surface area (Å²) in [6, 6.07) is 0. The standard InChI is InChI=1S/C17H25NO3/c1-4-5-6-7-15(19)12-8-9-13-14(10-12)16(21-3)11(2)18-17(13)20/h12H,4-10H2,1-3H3,(H,18,20). The average Bonchev–Trinajstić information content (AvgIpc) is 2.47. The molecule has 1 aromatic rings. The molecule has 116 valence electrons. The lowest BCUT2D eigenvalue weighted by molar-refractivity contribution is -0.123. The van der Waals surface area contributed by atoms with E-state index in [9.17, 15) is 9.59 Å². The summed E-state index contributed by atoms with van der Waals surface area (Å²) in [6.45, 7) is 3.98. The third-order valence-electron chi connectivity index (χ3n) is 4.43. The molecule has 0 amide bonds. The van der Waals surface area contributed by atoms with E-state index in [1.165, 1.54) is 0 Å². The van der Waals surface area contributed by atoms with Crippen molar-refractivity contribution in [2.45, 2.75) is 58.8 Å². The molecule has 1 aromatic heterocycles. The maximum Gasteiger partial charge on any atom is 0.251 e. The molecule has 1 unspecified atom stereocenters. The summed E-state index contributed by atoms with van der Waals surface area (Å²) in [5.74, 6) is 1.13. The minimum Gasteiger partial charge on any atom is -0.495 e. The van der Waals surface area contributed by atoms with E-state index < -0.39 is 0 Å². The van der Waals surface area contributed by atoms with Crippen molar-refractivity contribution >= 4 is 5.78 Å². The summed E-state index contributed by atoms with van der Waals surface area (Å²) < 4.78 is 5.44. The van der Waals surface area contributed by atoms with Crippen molar-refractivity contribution in [3.63, 3.8) is 0 Å². The number of aromatic nitrogens is 1.